The molecule has 0 atom stereocenters. The van der Waals surface area contributed by atoms with E-state index in [1.807, 2.05) is 30.3 Å². The first-order valence-corrected chi connectivity index (χ1v) is 9.12. The molecule has 7 nitrogen and oxygen atoms in total. The Morgan fingerprint density at radius 1 is 1.25 bits per heavy atom. The second-order valence-corrected chi connectivity index (χ2v) is 7.63. The first kappa shape index (κ1) is 21.2. The van der Waals surface area contributed by atoms with Crippen molar-refractivity contribution in [1.29, 1.82) is 5.26 Å². The predicted molar refractivity (Wildman–Crippen MR) is 106 cm³/mol. The van der Waals surface area contributed by atoms with Gasteiger partial charge in [0.2, 0.25) is 5.91 Å². The van der Waals surface area contributed by atoms with Crippen molar-refractivity contribution in [2.24, 2.45) is 0 Å². The van der Waals surface area contributed by atoms with Crippen LogP contribution in [0.3, 0.4) is 0 Å². The Kier molecular flexibility index (Phi) is 6.57. The Hall–Kier alpha value is -3.14. The summed E-state index contributed by atoms with van der Waals surface area (Å²) >= 11 is 0. The quantitative estimate of drug-likeness (QED) is 0.773. The third-order valence-corrected chi connectivity index (χ3v) is 4.46. The number of aromatic nitrogens is 2. The summed E-state index contributed by atoms with van der Waals surface area (Å²) in [7, 11) is 0. The van der Waals surface area contributed by atoms with E-state index in [-0.39, 0.29) is 23.4 Å². The fourth-order valence-corrected chi connectivity index (χ4v) is 2.61. The monoisotopic (exact) mass is 382 g/mol. The fourth-order valence-electron chi connectivity index (χ4n) is 2.61. The van der Waals surface area contributed by atoms with Gasteiger partial charge in [-0.2, -0.15) is 10.4 Å². The van der Waals surface area contributed by atoms with E-state index < -0.39 is 5.56 Å². The summed E-state index contributed by atoms with van der Waals surface area (Å²) in [6.45, 7) is 10.2. The minimum absolute atomic E-state index is 0.0161. The van der Waals surface area contributed by atoms with Crippen molar-refractivity contribution in [3.63, 3.8) is 0 Å². The maximum Gasteiger partial charge on any atom is 0.285 e. The second kappa shape index (κ2) is 8.70. The van der Waals surface area contributed by atoms with E-state index in [2.05, 4.69) is 31.2 Å². The largest absolute Gasteiger partial charge is 0.492 e. The summed E-state index contributed by atoms with van der Waals surface area (Å²) in [5, 5.41) is 15.9. The number of nitriles is 1. The molecular formula is C21H26N4O3. The van der Waals surface area contributed by atoms with Gasteiger partial charge in [-0.1, -0.05) is 32.9 Å². The van der Waals surface area contributed by atoms with Gasteiger partial charge < -0.3 is 10.1 Å². The normalized spacial score (nSPS) is 11.0. The summed E-state index contributed by atoms with van der Waals surface area (Å²) in [4.78, 5) is 24.3. The van der Waals surface area contributed by atoms with Gasteiger partial charge in [0.15, 0.2) is 0 Å². The minimum Gasteiger partial charge on any atom is -0.492 e. The van der Waals surface area contributed by atoms with Crippen LogP contribution in [-0.4, -0.2) is 28.8 Å². The van der Waals surface area contributed by atoms with Gasteiger partial charge in [-0.25, -0.2) is 4.68 Å². The Bertz CT molecular complexity index is 948. The molecule has 0 bridgehead atoms. The molecule has 7 heteroatoms. The lowest BCUT2D eigenvalue weighted by Gasteiger charge is -2.19. The lowest BCUT2D eigenvalue weighted by atomic mass is 9.87. The zero-order valence-corrected chi connectivity index (χ0v) is 17.0. The lowest BCUT2D eigenvalue weighted by molar-refractivity contribution is -0.122. The summed E-state index contributed by atoms with van der Waals surface area (Å²) in [6, 6.07) is 9.74. The fraction of sp³-hybridized carbons (Fsp3) is 0.429. The molecule has 1 aromatic carbocycles. The number of aryl methyl sites for hydroxylation is 1. The summed E-state index contributed by atoms with van der Waals surface area (Å²) in [5.74, 6) is 0.362. The molecule has 1 N–H and O–H groups in total. The van der Waals surface area contributed by atoms with Gasteiger partial charge in [-0.3, -0.25) is 9.59 Å². The van der Waals surface area contributed by atoms with Crippen LogP contribution in [0.15, 0.2) is 29.1 Å². The highest BCUT2D eigenvalue weighted by atomic mass is 16.5. The van der Waals surface area contributed by atoms with Gasteiger partial charge in [-0.05, 0) is 42.5 Å². The third-order valence-electron chi connectivity index (χ3n) is 4.46. The van der Waals surface area contributed by atoms with E-state index in [0.717, 1.165) is 10.4 Å². The van der Waals surface area contributed by atoms with Gasteiger partial charge in [0.05, 0.1) is 12.2 Å². The SMILES string of the molecule is Cc1nn(CC(=O)NCCOc2ccc(C(C)(C)C)cc2)c(=O)c(C#N)c1C. The van der Waals surface area contributed by atoms with E-state index in [4.69, 9.17) is 10.00 Å². The lowest BCUT2D eigenvalue weighted by Crippen LogP contribution is -2.37. The number of nitrogens with one attached hydrogen (secondary N) is 1. The van der Waals surface area contributed by atoms with Crippen LogP contribution in [0.5, 0.6) is 5.75 Å². The van der Waals surface area contributed by atoms with Crippen LogP contribution in [0, 0.1) is 25.2 Å². The molecule has 1 aromatic heterocycles. The van der Waals surface area contributed by atoms with Crippen LogP contribution in [-0.2, 0) is 16.8 Å². The number of benzene rings is 1. The number of carbonyl (C=O) groups is 1. The smallest absolute Gasteiger partial charge is 0.285 e. The molecule has 0 fully saturated rings. The van der Waals surface area contributed by atoms with Crippen LogP contribution < -0.4 is 15.6 Å². The van der Waals surface area contributed by atoms with Crippen molar-refractivity contribution in [2.45, 2.75) is 46.6 Å². The maximum atomic E-state index is 12.2. The Morgan fingerprint density at radius 3 is 2.46 bits per heavy atom. The Morgan fingerprint density at radius 2 is 1.89 bits per heavy atom. The molecule has 0 saturated carbocycles. The molecule has 0 saturated heterocycles. The molecule has 0 radical (unpaired) electrons. The predicted octanol–water partition coefficient (Wildman–Crippen LogP) is 2.22. The number of hydrogen-bond acceptors (Lipinski definition) is 5. The van der Waals surface area contributed by atoms with E-state index in [1.165, 1.54) is 5.56 Å². The van der Waals surface area contributed by atoms with Crippen molar-refractivity contribution in [1.82, 2.24) is 15.1 Å². The van der Waals surface area contributed by atoms with E-state index in [1.54, 1.807) is 13.8 Å². The van der Waals surface area contributed by atoms with E-state index in [0.29, 0.717) is 24.4 Å². The maximum absolute atomic E-state index is 12.2. The van der Waals surface area contributed by atoms with Crippen molar-refractivity contribution < 1.29 is 9.53 Å². The van der Waals surface area contributed by atoms with Crippen molar-refractivity contribution in [3.05, 3.63) is 57.0 Å². The van der Waals surface area contributed by atoms with Crippen LogP contribution >= 0.6 is 0 Å². The average Bonchev–Trinajstić information content (AvgIpc) is 2.63. The topological polar surface area (TPSA) is 97.0 Å². The van der Waals surface area contributed by atoms with E-state index >= 15 is 0 Å². The minimum atomic E-state index is -0.559. The number of hydrogen-bond donors (Lipinski definition) is 1. The number of ether oxygens (including phenoxy) is 1. The molecule has 0 spiro atoms. The molecule has 2 aromatic rings. The zero-order chi connectivity index (χ0) is 20.9. The molecule has 148 valence electrons. The number of rotatable bonds is 6. The highest BCUT2D eigenvalue weighted by molar-refractivity contribution is 5.75. The van der Waals surface area contributed by atoms with Crippen LogP contribution in [0.4, 0.5) is 0 Å². The second-order valence-electron chi connectivity index (χ2n) is 7.63. The molecule has 28 heavy (non-hydrogen) atoms. The molecule has 0 unspecified atom stereocenters. The molecule has 0 aliphatic heterocycles. The van der Waals surface area contributed by atoms with Crippen molar-refractivity contribution in [3.8, 4) is 11.8 Å². The van der Waals surface area contributed by atoms with Gasteiger partial charge >= 0.3 is 0 Å². The molecule has 1 heterocycles. The molecular weight excluding hydrogens is 356 g/mol. The molecule has 0 aliphatic carbocycles. The third kappa shape index (κ3) is 5.19. The summed E-state index contributed by atoms with van der Waals surface area (Å²) in [5.41, 5.74) is 1.84. The van der Waals surface area contributed by atoms with Crippen LogP contribution in [0.1, 0.15) is 43.2 Å². The number of amides is 1. The Labute approximate surface area is 164 Å². The first-order chi connectivity index (χ1) is 13.1. The first-order valence-electron chi connectivity index (χ1n) is 9.12. The number of nitrogens with zero attached hydrogens (tertiary/aromatic N) is 3. The summed E-state index contributed by atoms with van der Waals surface area (Å²) in [6.07, 6.45) is 0. The van der Waals surface area contributed by atoms with Gasteiger partial charge in [0, 0.05) is 0 Å². The van der Waals surface area contributed by atoms with Gasteiger partial charge in [-0.15, -0.1) is 0 Å². The number of carbonyl (C=O) groups excluding carboxylic acids is 1. The van der Waals surface area contributed by atoms with Gasteiger partial charge in [0.1, 0.15) is 30.5 Å². The molecule has 0 aliphatic rings. The Balaban J connectivity index is 1.86. The van der Waals surface area contributed by atoms with Crippen LogP contribution in [0.25, 0.3) is 0 Å². The van der Waals surface area contributed by atoms with E-state index in [9.17, 15) is 9.59 Å². The van der Waals surface area contributed by atoms with Crippen molar-refractivity contribution in [2.75, 3.05) is 13.2 Å². The zero-order valence-electron chi connectivity index (χ0n) is 17.0. The molecule has 2 rings (SSSR count). The van der Waals surface area contributed by atoms with Crippen LogP contribution in [0.2, 0.25) is 0 Å². The average molecular weight is 382 g/mol. The molecule has 1 amide bonds. The highest BCUT2D eigenvalue weighted by Gasteiger charge is 2.14. The highest BCUT2D eigenvalue weighted by Crippen LogP contribution is 2.24. The van der Waals surface area contributed by atoms with Gasteiger partial charge in [0.25, 0.3) is 5.56 Å². The standard InChI is InChI=1S/C21H26N4O3/c1-14-15(2)24-25(20(27)18(14)12-22)13-19(26)23-10-11-28-17-8-6-16(7-9-17)21(3,4)5/h6-9H,10-11,13H2,1-5H3,(H,23,26). The van der Waals surface area contributed by atoms with Crippen molar-refractivity contribution >= 4 is 5.91 Å². The summed E-state index contributed by atoms with van der Waals surface area (Å²) < 4.78 is 6.64.